The number of halogens is 2. The lowest BCUT2D eigenvalue weighted by Crippen LogP contribution is -2.37. The number of hydrogen-bond acceptors (Lipinski definition) is 3. The molecule has 0 aliphatic heterocycles. The molecule has 0 aromatic rings. The van der Waals surface area contributed by atoms with E-state index in [4.69, 9.17) is 16.7 Å². The summed E-state index contributed by atoms with van der Waals surface area (Å²) in [6.07, 6.45) is -1.07. The Labute approximate surface area is 85.2 Å². The van der Waals surface area contributed by atoms with Gasteiger partial charge in [-0.2, -0.15) is 0 Å². The Kier molecular flexibility index (Phi) is 4.08. The minimum absolute atomic E-state index is 0.0651. The average molecular weight is 313 g/mol. The molecule has 0 spiro atoms. The van der Waals surface area contributed by atoms with Gasteiger partial charge in [0.25, 0.3) is 0 Å². The standard InChI is InChI=1S/C5H10ClIO3S/c1-3-11(9,10)5(6,7)4(2)8/h4,8H,3H2,1-2H3/t4-,5-/m1/s1. The molecule has 0 saturated heterocycles. The fourth-order valence-corrected chi connectivity index (χ4v) is 2.62. The Hall–Kier alpha value is 0.930. The van der Waals surface area contributed by atoms with Gasteiger partial charge in [0.2, 0.25) is 2.21 Å². The number of sulfone groups is 1. The quantitative estimate of drug-likeness (QED) is 0.628. The lowest BCUT2D eigenvalue weighted by atomic mass is 10.5. The second-order valence-electron chi connectivity index (χ2n) is 2.14. The van der Waals surface area contributed by atoms with Crippen molar-refractivity contribution in [3.63, 3.8) is 0 Å². The van der Waals surface area contributed by atoms with Gasteiger partial charge in [0, 0.05) is 0 Å². The van der Waals surface area contributed by atoms with Crippen LogP contribution in [0.5, 0.6) is 0 Å². The van der Waals surface area contributed by atoms with Crippen LogP contribution in [0.4, 0.5) is 0 Å². The summed E-state index contributed by atoms with van der Waals surface area (Å²) >= 11 is 7.15. The van der Waals surface area contributed by atoms with Crippen LogP contribution >= 0.6 is 34.2 Å². The van der Waals surface area contributed by atoms with E-state index in [1.807, 2.05) is 0 Å². The molecule has 0 heterocycles. The minimum Gasteiger partial charge on any atom is -0.390 e. The van der Waals surface area contributed by atoms with Crippen molar-refractivity contribution in [2.75, 3.05) is 5.75 Å². The maximum atomic E-state index is 11.2. The monoisotopic (exact) mass is 312 g/mol. The summed E-state index contributed by atoms with van der Waals surface area (Å²) in [4.78, 5) is 0. The Morgan fingerprint density at radius 1 is 1.73 bits per heavy atom. The summed E-state index contributed by atoms with van der Waals surface area (Å²) in [5, 5.41) is 9.03. The first-order valence-electron chi connectivity index (χ1n) is 3.04. The third-order valence-corrected chi connectivity index (χ3v) is 7.15. The molecule has 0 radical (unpaired) electrons. The normalized spacial score (nSPS) is 20.8. The first-order chi connectivity index (χ1) is 4.75. The van der Waals surface area contributed by atoms with E-state index < -0.39 is 18.2 Å². The molecule has 0 aromatic carbocycles. The Morgan fingerprint density at radius 3 is 2.18 bits per heavy atom. The summed E-state index contributed by atoms with van der Waals surface area (Å²) in [6.45, 7) is 2.85. The summed E-state index contributed by atoms with van der Waals surface area (Å²) in [5.74, 6) is -0.0651. The van der Waals surface area contributed by atoms with E-state index in [0.717, 1.165) is 0 Å². The third-order valence-electron chi connectivity index (χ3n) is 1.28. The van der Waals surface area contributed by atoms with Crippen molar-refractivity contribution in [2.24, 2.45) is 0 Å². The SMILES string of the molecule is CCS(=O)(=O)[C@](Cl)(I)[C@@H](C)O. The highest BCUT2D eigenvalue weighted by molar-refractivity contribution is 14.1. The molecule has 0 unspecified atom stereocenters. The summed E-state index contributed by atoms with van der Waals surface area (Å²) in [6, 6.07) is 0. The summed E-state index contributed by atoms with van der Waals surface area (Å²) in [7, 11) is -3.39. The number of hydrogen-bond donors (Lipinski definition) is 1. The van der Waals surface area contributed by atoms with Gasteiger partial charge in [-0.15, -0.1) is 0 Å². The van der Waals surface area contributed by atoms with E-state index in [1.165, 1.54) is 36.4 Å². The molecule has 6 heteroatoms. The van der Waals surface area contributed by atoms with Crippen molar-refractivity contribution in [3.8, 4) is 0 Å². The molecule has 1 N–H and O–H groups in total. The largest absolute Gasteiger partial charge is 0.390 e. The van der Waals surface area contributed by atoms with E-state index in [0.29, 0.717) is 0 Å². The van der Waals surface area contributed by atoms with Crippen molar-refractivity contribution in [1.82, 2.24) is 0 Å². The molecule has 0 rings (SSSR count). The predicted octanol–water partition coefficient (Wildman–Crippen LogP) is 1.13. The zero-order valence-electron chi connectivity index (χ0n) is 6.21. The lowest BCUT2D eigenvalue weighted by Gasteiger charge is -2.22. The fourth-order valence-electron chi connectivity index (χ4n) is 0.452. The van der Waals surface area contributed by atoms with Gasteiger partial charge in [-0.05, 0) is 29.5 Å². The van der Waals surface area contributed by atoms with Crippen LogP contribution in [0.2, 0.25) is 0 Å². The first kappa shape index (κ1) is 11.9. The van der Waals surface area contributed by atoms with Gasteiger partial charge in [-0.1, -0.05) is 18.5 Å². The number of rotatable bonds is 3. The van der Waals surface area contributed by atoms with Crippen LogP contribution in [0.3, 0.4) is 0 Å². The maximum Gasteiger partial charge on any atom is 0.220 e. The van der Waals surface area contributed by atoms with E-state index in [2.05, 4.69) is 0 Å². The Bertz CT molecular complexity index is 222. The lowest BCUT2D eigenvalue weighted by molar-refractivity contribution is 0.204. The fraction of sp³-hybridized carbons (Fsp3) is 1.00. The van der Waals surface area contributed by atoms with Gasteiger partial charge in [0.15, 0.2) is 9.84 Å². The van der Waals surface area contributed by atoms with Crippen molar-refractivity contribution in [2.45, 2.75) is 22.2 Å². The van der Waals surface area contributed by atoms with Crippen LogP contribution in [-0.2, 0) is 9.84 Å². The molecule has 11 heavy (non-hydrogen) atoms. The molecule has 0 aliphatic rings. The van der Waals surface area contributed by atoms with E-state index in [9.17, 15) is 8.42 Å². The zero-order chi connectivity index (χ0) is 9.28. The van der Waals surface area contributed by atoms with Gasteiger partial charge in [-0.3, -0.25) is 0 Å². The van der Waals surface area contributed by atoms with Gasteiger partial charge in [0.05, 0.1) is 11.9 Å². The highest BCUT2D eigenvalue weighted by Gasteiger charge is 2.42. The molecule has 0 fully saturated rings. The van der Waals surface area contributed by atoms with Crippen LogP contribution in [0.25, 0.3) is 0 Å². The molecule has 0 aliphatic carbocycles. The average Bonchev–Trinajstić information content (AvgIpc) is 1.87. The second kappa shape index (κ2) is 3.76. The molecule has 0 amide bonds. The minimum atomic E-state index is -3.39. The maximum absolute atomic E-state index is 11.2. The van der Waals surface area contributed by atoms with Crippen LogP contribution in [-0.4, -0.2) is 27.6 Å². The molecular formula is C5H10ClIO3S. The van der Waals surface area contributed by atoms with Crippen LogP contribution in [0.15, 0.2) is 0 Å². The van der Waals surface area contributed by atoms with E-state index >= 15 is 0 Å². The zero-order valence-corrected chi connectivity index (χ0v) is 9.94. The Balaban J connectivity index is 4.85. The molecule has 68 valence electrons. The molecule has 2 atom stereocenters. The van der Waals surface area contributed by atoms with Gasteiger partial charge >= 0.3 is 0 Å². The van der Waals surface area contributed by atoms with Crippen LogP contribution in [0, 0.1) is 0 Å². The van der Waals surface area contributed by atoms with Crippen LogP contribution < -0.4 is 0 Å². The second-order valence-corrected chi connectivity index (χ2v) is 8.48. The van der Waals surface area contributed by atoms with E-state index in [-0.39, 0.29) is 5.75 Å². The van der Waals surface area contributed by atoms with Crippen molar-refractivity contribution in [3.05, 3.63) is 0 Å². The van der Waals surface area contributed by atoms with Crippen molar-refractivity contribution in [1.29, 1.82) is 0 Å². The smallest absolute Gasteiger partial charge is 0.220 e. The predicted molar refractivity (Wildman–Crippen MR) is 53.7 cm³/mol. The molecule has 0 saturated carbocycles. The van der Waals surface area contributed by atoms with Gasteiger partial charge < -0.3 is 5.11 Å². The van der Waals surface area contributed by atoms with Crippen molar-refractivity contribution >= 4 is 44.0 Å². The van der Waals surface area contributed by atoms with Gasteiger partial charge in [-0.25, -0.2) is 8.42 Å². The van der Waals surface area contributed by atoms with Crippen molar-refractivity contribution < 1.29 is 13.5 Å². The molecular weight excluding hydrogens is 302 g/mol. The topological polar surface area (TPSA) is 54.4 Å². The summed E-state index contributed by atoms with van der Waals surface area (Å²) in [5.41, 5.74) is 0. The molecule has 3 nitrogen and oxygen atoms in total. The van der Waals surface area contributed by atoms with Gasteiger partial charge in [0.1, 0.15) is 0 Å². The Morgan fingerprint density at radius 2 is 2.09 bits per heavy atom. The highest BCUT2D eigenvalue weighted by Crippen LogP contribution is 2.35. The molecule has 0 aromatic heterocycles. The summed E-state index contributed by atoms with van der Waals surface area (Å²) < 4.78 is 20.7. The number of aliphatic hydroxyl groups is 1. The number of aliphatic hydroxyl groups excluding tert-OH is 1. The van der Waals surface area contributed by atoms with E-state index in [1.54, 1.807) is 0 Å². The third kappa shape index (κ3) is 2.43. The highest BCUT2D eigenvalue weighted by atomic mass is 127. The molecule has 0 bridgehead atoms. The number of alkyl halides is 2. The first-order valence-corrected chi connectivity index (χ1v) is 6.14. The van der Waals surface area contributed by atoms with Crippen LogP contribution in [0.1, 0.15) is 13.8 Å².